The highest BCUT2D eigenvalue weighted by atomic mass is 16.6. The maximum Gasteiger partial charge on any atom is 0.343 e. The van der Waals surface area contributed by atoms with Crippen LogP contribution in [0, 0.1) is 20.2 Å². The van der Waals surface area contributed by atoms with Crippen LogP contribution in [0.3, 0.4) is 0 Å². The van der Waals surface area contributed by atoms with Gasteiger partial charge >= 0.3 is 5.97 Å². The van der Waals surface area contributed by atoms with Gasteiger partial charge in [0.25, 0.3) is 23.2 Å². The van der Waals surface area contributed by atoms with Crippen LogP contribution in [0.1, 0.15) is 36.6 Å². The number of nitro groups is 2. The highest BCUT2D eigenvalue weighted by Gasteiger charge is 2.16. The zero-order chi connectivity index (χ0) is 29.4. The van der Waals surface area contributed by atoms with Gasteiger partial charge in [0, 0.05) is 46.6 Å². The lowest BCUT2D eigenvalue weighted by atomic mass is 10.1. The second-order valence-corrected chi connectivity index (χ2v) is 8.27. The Morgan fingerprint density at radius 3 is 1.93 bits per heavy atom. The summed E-state index contributed by atoms with van der Waals surface area (Å²) in [5.74, 6) is -1.89. The first kappa shape index (κ1) is 27.8. The Morgan fingerprint density at radius 2 is 1.29 bits per heavy atom. The van der Waals surface area contributed by atoms with Crippen molar-refractivity contribution in [1.29, 1.82) is 0 Å². The number of esters is 1. The molecule has 0 bridgehead atoms. The number of hydrogen-bond acceptors (Lipinski definition) is 9. The van der Waals surface area contributed by atoms with Gasteiger partial charge in [0.05, 0.1) is 21.6 Å². The van der Waals surface area contributed by atoms with E-state index in [1.54, 1.807) is 30.3 Å². The lowest BCUT2D eigenvalue weighted by Crippen LogP contribution is -2.18. The molecule has 0 aromatic heterocycles. The van der Waals surface area contributed by atoms with Crippen molar-refractivity contribution in [3.63, 3.8) is 0 Å². The zero-order valence-electron chi connectivity index (χ0n) is 20.9. The molecule has 4 aromatic rings. The van der Waals surface area contributed by atoms with Gasteiger partial charge in [0.15, 0.2) is 0 Å². The number of ether oxygens (including phenoxy) is 1. The van der Waals surface area contributed by atoms with Gasteiger partial charge in [-0.25, -0.2) is 10.2 Å². The lowest BCUT2D eigenvalue weighted by molar-refractivity contribution is -0.385. The van der Waals surface area contributed by atoms with Crippen LogP contribution < -0.4 is 15.5 Å². The van der Waals surface area contributed by atoms with Gasteiger partial charge in [-0.1, -0.05) is 18.2 Å². The highest BCUT2D eigenvalue weighted by molar-refractivity contribution is 6.04. The van der Waals surface area contributed by atoms with E-state index in [1.165, 1.54) is 42.5 Å². The van der Waals surface area contributed by atoms with Gasteiger partial charge in [-0.3, -0.25) is 29.8 Å². The van der Waals surface area contributed by atoms with E-state index in [0.717, 1.165) is 30.5 Å². The normalized spacial score (nSPS) is 10.5. The van der Waals surface area contributed by atoms with E-state index in [0.29, 0.717) is 11.3 Å². The Hall–Kier alpha value is -6.24. The van der Waals surface area contributed by atoms with E-state index in [4.69, 9.17) is 4.74 Å². The van der Waals surface area contributed by atoms with Gasteiger partial charge in [-0.05, 0) is 54.6 Å². The molecule has 0 heterocycles. The summed E-state index contributed by atoms with van der Waals surface area (Å²) >= 11 is 0. The smallest absolute Gasteiger partial charge is 0.343 e. The van der Waals surface area contributed by atoms with Crippen molar-refractivity contribution >= 4 is 41.1 Å². The molecule has 0 atom stereocenters. The zero-order valence-corrected chi connectivity index (χ0v) is 20.9. The Kier molecular flexibility index (Phi) is 8.50. The van der Waals surface area contributed by atoms with Gasteiger partial charge in [-0.2, -0.15) is 5.10 Å². The van der Waals surface area contributed by atoms with Crippen molar-refractivity contribution < 1.29 is 29.0 Å². The molecule has 0 saturated carbocycles. The Bertz CT molecular complexity index is 1650. The molecule has 0 spiro atoms. The number of carbonyl (C=O) groups is 3. The molecule has 4 rings (SSSR count). The minimum Gasteiger partial charge on any atom is -0.422 e. The van der Waals surface area contributed by atoms with E-state index >= 15 is 0 Å². The Morgan fingerprint density at radius 1 is 0.707 bits per heavy atom. The Balaban J connectivity index is 1.44. The first-order valence-corrected chi connectivity index (χ1v) is 11.8. The standard InChI is InChI=1S/C28H19N5O8/c34-26(18-4-2-1-3-5-18)30-22-10-6-19(7-11-22)27(35)31-29-17-21-16-24(33(39)40)14-15-25(21)41-28(36)20-8-12-23(13-9-20)32(37)38/h1-17H,(H,30,34)(H,31,35)/b29-17+. The summed E-state index contributed by atoms with van der Waals surface area (Å²) in [6.45, 7) is 0. The highest BCUT2D eigenvalue weighted by Crippen LogP contribution is 2.24. The van der Waals surface area contributed by atoms with Crippen molar-refractivity contribution in [3.05, 3.63) is 140 Å². The third-order valence-electron chi connectivity index (χ3n) is 5.53. The summed E-state index contributed by atoms with van der Waals surface area (Å²) in [4.78, 5) is 58.1. The van der Waals surface area contributed by atoms with Crippen LogP contribution in [-0.2, 0) is 0 Å². The van der Waals surface area contributed by atoms with Crippen molar-refractivity contribution in [2.75, 3.05) is 5.32 Å². The molecule has 204 valence electrons. The summed E-state index contributed by atoms with van der Waals surface area (Å²) in [6, 6.07) is 22.7. The SMILES string of the molecule is O=C(N/N=C/c1cc([N+](=O)[O-])ccc1OC(=O)c1ccc([N+](=O)[O-])cc1)c1ccc(NC(=O)c2ccccc2)cc1. The molecule has 0 aliphatic heterocycles. The van der Waals surface area contributed by atoms with E-state index in [-0.39, 0.29) is 39.7 Å². The molecule has 0 radical (unpaired) electrons. The van der Waals surface area contributed by atoms with Gasteiger partial charge in [0.1, 0.15) is 5.75 Å². The summed E-state index contributed by atoms with van der Waals surface area (Å²) in [5.41, 5.74) is 2.92. The molecule has 0 fully saturated rings. The predicted octanol–water partition coefficient (Wildman–Crippen LogP) is 4.74. The number of non-ortho nitro benzene ring substituents is 2. The monoisotopic (exact) mass is 553 g/mol. The van der Waals surface area contributed by atoms with E-state index in [2.05, 4.69) is 15.8 Å². The summed E-state index contributed by atoms with van der Waals surface area (Å²) in [7, 11) is 0. The van der Waals surface area contributed by atoms with Crippen molar-refractivity contribution in [2.24, 2.45) is 5.10 Å². The number of hydrazone groups is 1. The molecule has 0 aliphatic carbocycles. The first-order valence-electron chi connectivity index (χ1n) is 11.8. The van der Waals surface area contributed by atoms with E-state index in [9.17, 15) is 34.6 Å². The van der Waals surface area contributed by atoms with Crippen LogP contribution in [0.25, 0.3) is 0 Å². The second kappa shape index (κ2) is 12.5. The van der Waals surface area contributed by atoms with Crippen LogP contribution in [-0.4, -0.2) is 33.8 Å². The Labute approximate surface area is 231 Å². The summed E-state index contributed by atoms with van der Waals surface area (Å²) in [5, 5.41) is 28.6. The molecular weight excluding hydrogens is 534 g/mol. The molecule has 13 heteroatoms. The fraction of sp³-hybridized carbons (Fsp3) is 0. The predicted molar refractivity (Wildman–Crippen MR) is 147 cm³/mol. The van der Waals surface area contributed by atoms with Crippen LogP contribution >= 0.6 is 0 Å². The molecule has 2 N–H and O–H groups in total. The molecule has 0 unspecified atom stereocenters. The average molecular weight is 553 g/mol. The molecule has 13 nitrogen and oxygen atoms in total. The topological polar surface area (TPSA) is 183 Å². The van der Waals surface area contributed by atoms with Crippen molar-refractivity contribution in [2.45, 2.75) is 0 Å². The lowest BCUT2D eigenvalue weighted by Gasteiger charge is -2.08. The third kappa shape index (κ3) is 7.20. The number of anilines is 1. The minimum absolute atomic E-state index is 0.00792. The average Bonchev–Trinajstić information content (AvgIpc) is 2.98. The van der Waals surface area contributed by atoms with Gasteiger partial charge in [0.2, 0.25) is 0 Å². The number of nitrogens with zero attached hydrogens (tertiary/aromatic N) is 3. The summed E-state index contributed by atoms with van der Waals surface area (Å²) < 4.78 is 5.32. The summed E-state index contributed by atoms with van der Waals surface area (Å²) in [6.07, 6.45) is 1.07. The molecular formula is C28H19N5O8. The largest absolute Gasteiger partial charge is 0.422 e. The third-order valence-corrected chi connectivity index (χ3v) is 5.53. The fourth-order valence-electron chi connectivity index (χ4n) is 3.44. The van der Waals surface area contributed by atoms with Crippen LogP contribution in [0.5, 0.6) is 5.75 Å². The number of amides is 2. The number of rotatable bonds is 9. The van der Waals surface area contributed by atoms with Crippen molar-refractivity contribution in [3.8, 4) is 5.75 Å². The molecule has 2 amide bonds. The van der Waals surface area contributed by atoms with Crippen LogP contribution in [0.2, 0.25) is 0 Å². The number of nitrogens with one attached hydrogen (secondary N) is 2. The molecule has 4 aromatic carbocycles. The molecule has 0 saturated heterocycles. The van der Waals surface area contributed by atoms with Gasteiger partial charge in [-0.15, -0.1) is 0 Å². The minimum atomic E-state index is -0.869. The van der Waals surface area contributed by atoms with Crippen molar-refractivity contribution in [1.82, 2.24) is 5.43 Å². The van der Waals surface area contributed by atoms with E-state index < -0.39 is 21.7 Å². The van der Waals surface area contributed by atoms with Crippen LogP contribution in [0.15, 0.2) is 102 Å². The van der Waals surface area contributed by atoms with Crippen LogP contribution in [0.4, 0.5) is 17.1 Å². The fourth-order valence-corrected chi connectivity index (χ4v) is 3.44. The molecule has 41 heavy (non-hydrogen) atoms. The van der Waals surface area contributed by atoms with Gasteiger partial charge < -0.3 is 10.1 Å². The number of hydrogen-bond donors (Lipinski definition) is 2. The maximum atomic E-state index is 12.5. The quantitative estimate of drug-likeness (QED) is 0.0979. The second-order valence-electron chi connectivity index (χ2n) is 8.27. The maximum absolute atomic E-state index is 12.5. The molecule has 0 aliphatic rings. The number of benzene rings is 4. The first-order chi connectivity index (χ1) is 19.7. The number of nitro benzene ring substituents is 2. The van der Waals surface area contributed by atoms with E-state index in [1.807, 2.05) is 0 Å². The number of carbonyl (C=O) groups excluding carboxylic acids is 3.